The fraction of sp³-hybridized carbons (Fsp3) is 0.0769. The van der Waals surface area contributed by atoms with Crippen LogP contribution in [0.4, 0.5) is 0 Å². The lowest BCUT2D eigenvalue weighted by Crippen LogP contribution is -2.10. The molecule has 7 heteroatoms. The summed E-state index contributed by atoms with van der Waals surface area (Å²) in [5.41, 5.74) is 7.66. The number of pyridine rings is 2. The second-order valence-electron chi connectivity index (χ2n) is 4.14. The molecule has 3 aromatic rings. The molecule has 3 heterocycles. The number of aromatic amines is 1. The SMILES string of the molecule is COc1cc(-c2n[nH]c3ncc(C(N)=O)cc23)ccn1. The van der Waals surface area contributed by atoms with Crippen LogP contribution in [0.3, 0.4) is 0 Å². The van der Waals surface area contributed by atoms with Gasteiger partial charge in [-0.15, -0.1) is 0 Å². The molecule has 0 radical (unpaired) electrons. The van der Waals surface area contributed by atoms with Gasteiger partial charge in [-0.25, -0.2) is 9.97 Å². The highest BCUT2D eigenvalue weighted by Gasteiger charge is 2.12. The summed E-state index contributed by atoms with van der Waals surface area (Å²) in [5.74, 6) is -0.0449. The first-order chi connectivity index (χ1) is 9.69. The van der Waals surface area contributed by atoms with Crippen LogP contribution in [0.25, 0.3) is 22.3 Å². The molecule has 0 bridgehead atoms. The minimum atomic E-state index is -0.529. The molecule has 0 fully saturated rings. The zero-order valence-electron chi connectivity index (χ0n) is 10.6. The Labute approximate surface area is 113 Å². The van der Waals surface area contributed by atoms with Gasteiger partial charge in [0.2, 0.25) is 11.8 Å². The summed E-state index contributed by atoms with van der Waals surface area (Å²) in [4.78, 5) is 19.4. The number of nitrogens with one attached hydrogen (secondary N) is 1. The topological polar surface area (TPSA) is 107 Å². The van der Waals surface area contributed by atoms with Gasteiger partial charge < -0.3 is 10.5 Å². The van der Waals surface area contributed by atoms with Crippen molar-refractivity contribution >= 4 is 16.9 Å². The van der Waals surface area contributed by atoms with Crippen LogP contribution in [0.15, 0.2) is 30.6 Å². The van der Waals surface area contributed by atoms with E-state index in [1.165, 1.54) is 6.20 Å². The van der Waals surface area contributed by atoms with E-state index in [1.807, 2.05) is 0 Å². The summed E-state index contributed by atoms with van der Waals surface area (Å²) < 4.78 is 5.09. The third-order valence-corrected chi connectivity index (χ3v) is 2.92. The summed E-state index contributed by atoms with van der Waals surface area (Å²) in [5, 5.41) is 7.75. The smallest absolute Gasteiger partial charge is 0.250 e. The molecule has 3 aromatic heterocycles. The third kappa shape index (κ3) is 1.95. The van der Waals surface area contributed by atoms with Gasteiger partial charge >= 0.3 is 0 Å². The number of carbonyl (C=O) groups is 1. The van der Waals surface area contributed by atoms with Gasteiger partial charge in [-0.2, -0.15) is 5.10 Å². The summed E-state index contributed by atoms with van der Waals surface area (Å²) in [7, 11) is 1.54. The van der Waals surface area contributed by atoms with Gasteiger partial charge in [0.25, 0.3) is 0 Å². The first-order valence-corrected chi connectivity index (χ1v) is 5.83. The van der Waals surface area contributed by atoms with Crippen molar-refractivity contribution in [2.75, 3.05) is 7.11 Å². The molecule has 3 N–H and O–H groups in total. The zero-order chi connectivity index (χ0) is 14.1. The average Bonchev–Trinajstić information content (AvgIpc) is 2.90. The van der Waals surface area contributed by atoms with E-state index in [-0.39, 0.29) is 0 Å². The minimum Gasteiger partial charge on any atom is -0.481 e. The van der Waals surface area contributed by atoms with Crippen LogP contribution in [0, 0.1) is 0 Å². The quantitative estimate of drug-likeness (QED) is 0.741. The highest BCUT2D eigenvalue weighted by molar-refractivity contribution is 5.99. The zero-order valence-corrected chi connectivity index (χ0v) is 10.6. The average molecular weight is 269 g/mol. The van der Waals surface area contributed by atoms with Gasteiger partial charge in [0.05, 0.1) is 12.7 Å². The highest BCUT2D eigenvalue weighted by atomic mass is 16.5. The molecule has 1 amide bonds. The largest absolute Gasteiger partial charge is 0.481 e. The summed E-state index contributed by atoms with van der Waals surface area (Å²) in [6, 6.07) is 5.22. The normalized spacial score (nSPS) is 10.7. The minimum absolute atomic E-state index is 0.334. The van der Waals surface area contributed by atoms with E-state index in [0.29, 0.717) is 22.8 Å². The molecule has 0 saturated carbocycles. The van der Waals surface area contributed by atoms with Gasteiger partial charge in [0, 0.05) is 29.4 Å². The Bertz CT molecular complexity index is 796. The Morgan fingerprint density at radius 2 is 2.20 bits per heavy atom. The van der Waals surface area contributed by atoms with E-state index >= 15 is 0 Å². The Kier molecular flexibility index (Phi) is 2.79. The van der Waals surface area contributed by atoms with E-state index in [4.69, 9.17) is 10.5 Å². The van der Waals surface area contributed by atoms with Crippen LogP contribution in [0.5, 0.6) is 5.88 Å². The van der Waals surface area contributed by atoms with Crippen LogP contribution >= 0.6 is 0 Å². The number of aromatic nitrogens is 4. The number of fused-ring (bicyclic) bond motifs is 1. The molecule has 0 aliphatic carbocycles. The van der Waals surface area contributed by atoms with E-state index in [1.54, 1.807) is 31.5 Å². The Morgan fingerprint density at radius 3 is 2.95 bits per heavy atom. The number of nitrogens with two attached hydrogens (primary N) is 1. The number of carbonyl (C=O) groups excluding carboxylic acids is 1. The van der Waals surface area contributed by atoms with Crippen LogP contribution in [-0.4, -0.2) is 33.2 Å². The maximum absolute atomic E-state index is 11.2. The number of H-pyrrole nitrogens is 1. The summed E-state index contributed by atoms with van der Waals surface area (Å²) >= 11 is 0. The predicted octanol–water partition coefficient (Wildman–Crippen LogP) is 1.13. The number of rotatable bonds is 3. The third-order valence-electron chi connectivity index (χ3n) is 2.92. The van der Waals surface area contributed by atoms with Crippen LogP contribution in [-0.2, 0) is 0 Å². The molecule has 7 nitrogen and oxygen atoms in total. The van der Waals surface area contributed by atoms with Gasteiger partial charge in [-0.3, -0.25) is 9.89 Å². The number of hydrogen-bond donors (Lipinski definition) is 2. The van der Waals surface area contributed by atoms with Crippen molar-refractivity contribution < 1.29 is 9.53 Å². The summed E-state index contributed by atoms with van der Waals surface area (Å²) in [6.07, 6.45) is 3.04. The molecule has 0 atom stereocenters. The second kappa shape index (κ2) is 4.61. The molecule has 0 aliphatic heterocycles. The van der Waals surface area contributed by atoms with Crippen molar-refractivity contribution in [3.05, 3.63) is 36.2 Å². The first kappa shape index (κ1) is 12.1. The van der Waals surface area contributed by atoms with Crippen LogP contribution in [0.1, 0.15) is 10.4 Å². The van der Waals surface area contributed by atoms with Crippen molar-refractivity contribution in [2.45, 2.75) is 0 Å². The number of amides is 1. The van der Waals surface area contributed by atoms with E-state index < -0.39 is 5.91 Å². The number of primary amides is 1. The fourth-order valence-corrected chi connectivity index (χ4v) is 1.93. The molecule has 0 unspecified atom stereocenters. The maximum atomic E-state index is 11.2. The van der Waals surface area contributed by atoms with Crippen LogP contribution < -0.4 is 10.5 Å². The molecule has 0 saturated heterocycles. The molecular formula is C13H11N5O2. The molecule has 3 rings (SSSR count). The molecule has 0 aliphatic rings. The Hall–Kier alpha value is -2.96. The summed E-state index contributed by atoms with van der Waals surface area (Å²) in [6.45, 7) is 0. The van der Waals surface area contributed by atoms with E-state index in [9.17, 15) is 4.79 Å². The number of nitrogens with zero attached hydrogens (tertiary/aromatic N) is 3. The standard InChI is InChI=1S/C13H11N5O2/c1-20-10-5-7(2-3-15-10)11-9-4-8(12(14)19)6-16-13(9)18-17-11/h2-6H,1H3,(H2,14,19)(H,16,17,18). The predicted molar refractivity (Wildman–Crippen MR) is 72.2 cm³/mol. The number of methoxy groups -OCH3 is 1. The van der Waals surface area contributed by atoms with E-state index in [2.05, 4.69) is 20.2 Å². The van der Waals surface area contributed by atoms with Gasteiger partial charge in [-0.05, 0) is 12.1 Å². The van der Waals surface area contributed by atoms with Gasteiger partial charge in [0.1, 0.15) is 5.69 Å². The highest BCUT2D eigenvalue weighted by Crippen LogP contribution is 2.27. The van der Waals surface area contributed by atoms with Gasteiger partial charge in [0.15, 0.2) is 5.65 Å². The number of ether oxygens (including phenoxy) is 1. The first-order valence-electron chi connectivity index (χ1n) is 5.83. The molecule has 100 valence electrons. The van der Waals surface area contributed by atoms with Crippen molar-refractivity contribution in [3.63, 3.8) is 0 Å². The van der Waals surface area contributed by atoms with E-state index in [0.717, 1.165) is 10.9 Å². The maximum Gasteiger partial charge on any atom is 0.250 e. The number of hydrogen-bond acceptors (Lipinski definition) is 5. The fourth-order valence-electron chi connectivity index (χ4n) is 1.93. The van der Waals surface area contributed by atoms with Crippen molar-refractivity contribution in [1.29, 1.82) is 0 Å². The Balaban J connectivity index is 2.20. The van der Waals surface area contributed by atoms with Gasteiger partial charge in [-0.1, -0.05) is 0 Å². The molecular weight excluding hydrogens is 258 g/mol. The molecule has 20 heavy (non-hydrogen) atoms. The van der Waals surface area contributed by atoms with Crippen molar-refractivity contribution in [1.82, 2.24) is 20.2 Å². The van der Waals surface area contributed by atoms with Crippen molar-refractivity contribution in [2.24, 2.45) is 5.73 Å². The molecule has 0 spiro atoms. The lowest BCUT2D eigenvalue weighted by atomic mass is 10.1. The lowest BCUT2D eigenvalue weighted by Gasteiger charge is -2.01. The molecule has 0 aromatic carbocycles. The monoisotopic (exact) mass is 269 g/mol. The second-order valence-corrected chi connectivity index (χ2v) is 4.14. The van der Waals surface area contributed by atoms with Crippen LogP contribution in [0.2, 0.25) is 0 Å². The Morgan fingerprint density at radius 1 is 1.35 bits per heavy atom. The lowest BCUT2D eigenvalue weighted by molar-refractivity contribution is 0.1000. The van der Waals surface area contributed by atoms with Crippen molar-refractivity contribution in [3.8, 4) is 17.1 Å².